The Morgan fingerprint density at radius 3 is 2.60 bits per heavy atom. The fourth-order valence-corrected chi connectivity index (χ4v) is 6.09. The summed E-state index contributed by atoms with van der Waals surface area (Å²) in [6.45, 7) is 6.27. The minimum absolute atomic E-state index is 0.0213. The van der Waals surface area contributed by atoms with Crippen LogP contribution >= 0.6 is 0 Å². The molecule has 5 atom stereocenters. The molecule has 0 radical (unpaired) electrons. The summed E-state index contributed by atoms with van der Waals surface area (Å²) < 4.78 is 4.98. The quantitative estimate of drug-likeness (QED) is 0.760. The van der Waals surface area contributed by atoms with E-state index in [1.807, 2.05) is 19.9 Å². The predicted octanol–water partition coefficient (Wildman–Crippen LogP) is 3.31. The van der Waals surface area contributed by atoms with E-state index in [9.17, 15) is 19.8 Å². The maximum absolute atomic E-state index is 12.0. The molecular weight excluding hydrogens is 320 g/mol. The molecule has 1 aliphatic heterocycles. The summed E-state index contributed by atoms with van der Waals surface area (Å²) in [5, 5.41) is 21.0. The number of hydrogen-bond acceptors (Lipinski definition) is 4. The average molecular weight is 350 g/mol. The topological polar surface area (TPSA) is 83.8 Å². The van der Waals surface area contributed by atoms with Crippen molar-refractivity contribution in [1.82, 2.24) is 0 Å². The van der Waals surface area contributed by atoms with Crippen LogP contribution in [0, 0.1) is 22.7 Å². The Hall–Kier alpha value is -1.36. The number of carboxylic acids is 1. The average Bonchev–Trinajstić information content (AvgIpc) is 2.91. The smallest absolute Gasteiger partial charge is 0.334 e. The van der Waals surface area contributed by atoms with E-state index in [4.69, 9.17) is 4.74 Å². The number of fused-ring (bicyclic) bond motifs is 1. The van der Waals surface area contributed by atoms with E-state index in [0.29, 0.717) is 37.9 Å². The number of carboxylic acid groups (broad SMARTS) is 1. The molecule has 3 rings (SSSR count). The summed E-state index contributed by atoms with van der Waals surface area (Å²) in [4.78, 5) is 23.8. The van der Waals surface area contributed by atoms with Gasteiger partial charge in [0.1, 0.15) is 6.61 Å². The lowest BCUT2D eigenvalue weighted by Gasteiger charge is -2.60. The molecule has 0 aromatic carbocycles. The van der Waals surface area contributed by atoms with Crippen LogP contribution in [0.4, 0.5) is 0 Å². The molecule has 2 N–H and O–H groups in total. The van der Waals surface area contributed by atoms with Crippen LogP contribution in [0.5, 0.6) is 0 Å². The molecule has 0 saturated heterocycles. The van der Waals surface area contributed by atoms with Gasteiger partial charge in [0.15, 0.2) is 0 Å². The Balaban J connectivity index is 1.88. The molecule has 5 unspecified atom stereocenters. The van der Waals surface area contributed by atoms with Crippen LogP contribution in [0.25, 0.3) is 0 Å². The van der Waals surface area contributed by atoms with Crippen LogP contribution in [0.3, 0.4) is 0 Å². The van der Waals surface area contributed by atoms with E-state index in [2.05, 4.69) is 6.92 Å². The second kappa shape index (κ2) is 6.11. The highest BCUT2D eigenvalue weighted by atomic mass is 16.5. The van der Waals surface area contributed by atoms with Crippen LogP contribution in [0.2, 0.25) is 0 Å². The Morgan fingerprint density at radius 1 is 1.28 bits per heavy atom. The second-order valence-electron chi connectivity index (χ2n) is 8.95. The van der Waals surface area contributed by atoms with Gasteiger partial charge >= 0.3 is 11.9 Å². The number of aliphatic carboxylic acids is 1. The summed E-state index contributed by atoms with van der Waals surface area (Å²) >= 11 is 0. The molecule has 25 heavy (non-hydrogen) atoms. The second-order valence-corrected chi connectivity index (χ2v) is 8.95. The Bertz CT molecular complexity index is 607. The Morgan fingerprint density at radius 2 is 2.00 bits per heavy atom. The lowest BCUT2D eigenvalue weighted by molar-refractivity contribution is -0.190. The lowest BCUT2D eigenvalue weighted by atomic mass is 9.44. The van der Waals surface area contributed by atoms with Crippen molar-refractivity contribution in [2.45, 2.75) is 71.3 Å². The summed E-state index contributed by atoms with van der Waals surface area (Å²) in [6, 6.07) is 0. The van der Waals surface area contributed by atoms with Gasteiger partial charge in [0.2, 0.25) is 0 Å². The summed E-state index contributed by atoms with van der Waals surface area (Å²) in [6.07, 6.45) is 6.97. The highest BCUT2D eigenvalue weighted by Crippen LogP contribution is 2.63. The van der Waals surface area contributed by atoms with Crippen LogP contribution in [-0.4, -0.2) is 34.4 Å². The van der Waals surface area contributed by atoms with Crippen LogP contribution < -0.4 is 0 Å². The first-order valence-corrected chi connectivity index (χ1v) is 9.43. The number of aliphatic hydroxyl groups is 1. The standard InChI is InChI=1S/C20H30O5/c1-18-9-4-10-19(2,17(22)23)14(18)7-11-20(3,24)15(18)6-5-13-8-12-25-16(13)21/h8,14-15,24H,4-7,9-12H2,1-3H3,(H,22,23). The van der Waals surface area contributed by atoms with Gasteiger partial charge in [0.25, 0.3) is 0 Å². The summed E-state index contributed by atoms with van der Waals surface area (Å²) in [7, 11) is 0. The van der Waals surface area contributed by atoms with Crippen molar-refractivity contribution < 1.29 is 24.5 Å². The van der Waals surface area contributed by atoms with Crippen LogP contribution in [0.15, 0.2) is 11.6 Å². The molecule has 1 heterocycles. The zero-order valence-corrected chi connectivity index (χ0v) is 15.5. The van der Waals surface area contributed by atoms with E-state index in [1.165, 1.54) is 0 Å². The van der Waals surface area contributed by atoms with E-state index >= 15 is 0 Å². The third-order valence-electron chi connectivity index (χ3n) is 7.46. The first kappa shape index (κ1) is 18.4. The molecule has 0 aromatic rings. The SMILES string of the molecule is CC1(O)CCC2C(C)(C(=O)O)CCCC2(C)C1CCC1=CCOC1=O. The number of rotatable bonds is 4. The van der Waals surface area contributed by atoms with Crippen molar-refractivity contribution in [1.29, 1.82) is 0 Å². The van der Waals surface area contributed by atoms with Gasteiger partial charge < -0.3 is 14.9 Å². The first-order chi connectivity index (χ1) is 11.6. The van der Waals surface area contributed by atoms with Gasteiger partial charge in [0, 0.05) is 5.57 Å². The molecule has 0 spiro atoms. The van der Waals surface area contributed by atoms with E-state index in [-0.39, 0.29) is 23.2 Å². The van der Waals surface area contributed by atoms with Crippen molar-refractivity contribution in [2.75, 3.05) is 6.61 Å². The van der Waals surface area contributed by atoms with Gasteiger partial charge in [-0.15, -0.1) is 0 Å². The number of carbonyl (C=O) groups is 2. The van der Waals surface area contributed by atoms with Crippen molar-refractivity contribution in [3.8, 4) is 0 Å². The van der Waals surface area contributed by atoms with Gasteiger partial charge in [-0.25, -0.2) is 4.79 Å². The molecule has 0 amide bonds. The van der Waals surface area contributed by atoms with E-state index in [1.54, 1.807) is 0 Å². The van der Waals surface area contributed by atoms with Crippen molar-refractivity contribution in [2.24, 2.45) is 22.7 Å². The zero-order chi connectivity index (χ0) is 18.5. The molecule has 2 aliphatic carbocycles. The minimum atomic E-state index is -0.828. The van der Waals surface area contributed by atoms with Crippen molar-refractivity contribution >= 4 is 11.9 Å². The first-order valence-electron chi connectivity index (χ1n) is 9.43. The third kappa shape index (κ3) is 2.90. The lowest BCUT2D eigenvalue weighted by Crippen LogP contribution is -2.59. The number of esters is 1. The highest BCUT2D eigenvalue weighted by molar-refractivity contribution is 5.90. The van der Waals surface area contributed by atoms with Gasteiger partial charge in [0.05, 0.1) is 11.0 Å². The number of cyclic esters (lactones) is 1. The maximum Gasteiger partial charge on any atom is 0.334 e. The molecule has 140 valence electrons. The molecule has 2 fully saturated rings. The van der Waals surface area contributed by atoms with Crippen LogP contribution in [0.1, 0.15) is 65.7 Å². The fraction of sp³-hybridized carbons (Fsp3) is 0.800. The zero-order valence-electron chi connectivity index (χ0n) is 15.5. The largest absolute Gasteiger partial charge is 0.481 e. The summed E-state index contributed by atoms with van der Waals surface area (Å²) in [5.74, 6) is -0.935. The molecule has 3 aliphatic rings. The third-order valence-corrected chi connectivity index (χ3v) is 7.46. The number of carbonyl (C=O) groups excluding carboxylic acids is 1. The normalized spacial score (nSPS) is 44.0. The van der Waals surface area contributed by atoms with Crippen molar-refractivity contribution in [3.63, 3.8) is 0 Å². The van der Waals surface area contributed by atoms with E-state index < -0.39 is 17.0 Å². The van der Waals surface area contributed by atoms with Gasteiger partial charge in [-0.3, -0.25) is 4.79 Å². The van der Waals surface area contributed by atoms with Gasteiger partial charge in [-0.05, 0) is 75.7 Å². The highest BCUT2D eigenvalue weighted by Gasteiger charge is 2.61. The molecule has 5 heteroatoms. The molecule has 0 aromatic heterocycles. The van der Waals surface area contributed by atoms with Crippen LogP contribution in [-0.2, 0) is 14.3 Å². The fourth-order valence-electron chi connectivity index (χ4n) is 6.09. The van der Waals surface area contributed by atoms with Crippen molar-refractivity contribution in [3.05, 3.63) is 11.6 Å². The minimum Gasteiger partial charge on any atom is -0.481 e. The number of ether oxygens (including phenoxy) is 1. The molecule has 0 bridgehead atoms. The van der Waals surface area contributed by atoms with E-state index in [0.717, 1.165) is 19.3 Å². The Labute approximate surface area is 149 Å². The molecule has 2 saturated carbocycles. The molecule has 5 nitrogen and oxygen atoms in total. The Kier molecular flexibility index (Phi) is 4.51. The van der Waals surface area contributed by atoms with Gasteiger partial charge in [-0.1, -0.05) is 13.3 Å². The summed E-state index contributed by atoms with van der Waals surface area (Å²) in [5.41, 5.74) is -1.09. The predicted molar refractivity (Wildman–Crippen MR) is 92.8 cm³/mol. The number of hydrogen-bond donors (Lipinski definition) is 2. The maximum atomic E-state index is 12.0. The van der Waals surface area contributed by atoms with Gasteiger partial charge in [-0.2, -0.15) is 0 Å². The monoisotopic (exact) mass is 350 g/mol. The molecular formula is C20H30O5.